The molecule has 0 aliphatic carbocycles. The van der Waals surface area contributed by atoms with Crippen LogP contribution >= 0.6 is 0 Å². The molecule has 3 rings (SSSR count). The Morgan fingerprint density at radius 3 is 2.72 bits per heavy atom. The number of carbonyl (C=O) groups is 1. The summed E-state index contributed by atoms with van der Waals surface area (Å²) in [5.74, 6) is 0.392. The summed E-state index contributed by atoms with van der Waals surface area (Å²) in [5, 5.41) is 0. The van der Waals surface area contributed by atoms with E-state index in [1.54, 1.807) is 0 Å². The van der Waals surface area contributed by atoms with Crippen molar-refractivity contribution in [1.82, 2.24) is 9.80 Å². The Labute approximate surface area is 150 Å². The minimum absolute atomic E-state index is 0.392. The van der Waals surface area contributed by atoms with Crippen molar-refractivity contribution in [3.8, 4) is 0 Å². The predicted octanol–water partition coefficient (Wildman–Crippen LogP) is 3.42. The maximum Gasteiger partial charge on any atom is 0.150 e. The molecule has 0 N–H and O–H groups in total. The molecule has 1 unspecified atom stereocenters. The highest BCUT2D eigenvalue weighted by Gasteiger charge is 2.32. The topological polar surface area (TPSA) is 32.8 Å². The lowest BCUT2D eigenvalue weighted by molar-refractivity contribution is -0.104. The molecule has 0 spiro atoms. The number of ether oxygens (including phenoxy) is 1. The van der Waals surface area contributed by atoms with E-state index in [1.807, 2.05) is 6.92 Å². The van der Waals surface area contributed by atoms with Gasteiger partial charge in [0.15, 0.2) is 0 Å². The van der Waals surface area contributed by atoms with E-state index in [9.17, 15) is 4.79 Å². The van der Waals surface area contributed by atoms with Gasteiger partial charge in [-0.2, -0.15) is 0 Å². The molecule has 0 radical (unpaired) electrons. The zero-order chi connectivity index (χ0) is 18.0. The van der Waals surface area contributed by atoms with Gasteiger partial charge < -0.3 is 14.5 Å². The monoisotopic (exact) mass is 340 g/mol. The van der Waals surface area contributed by atoms with Crippen LogP contribution in [0.5, 0.6) is 0 Å². The number of carbonyl (C=O) groups excluding carboxylic acids is 1. The molecule has 0 saturated carbocycles. The molecule has 4 heteroatoms. The zero-order valence-corrected chi connectivity index (χ0v) is 15.4. The third-order valence-electron chi connectivity index (χ3n) is 5.48. The normalized spacial score (nSPS) is 28.6. The van der Waals surface area contributed by atoms with Gasteiger partial charge in [0.1, 0.15) is 6.29 Å². The van der Waals surface area contributed by atoms with Crippen LogP contribution in [0.2, 0.25) is 0 Å². The molecule has 1 saturated heterocycles. The second kappa shape index (κ2) is 7.44. The first-order valence-corrected chi connectivity index (χ1v) is 9.11. The summed E-state index contributed by atoms with van der Waals surface area (Å²) >= 11 is 0. The van der Waals surface area contributed by atoms with Crippen LogP contribution in [0.15, 0.2) is 59.1 Å². The van der Waals surface area contributed by atoms with Crippen LogP contribution in [-0.4, -0.2) is 48.9 Å². The van der Waals surface area contributed by atoms with Crippen molar-refractivity contribution in [3.05, 3.63) is 59.1 Å². The Hall–Kier alpha value is -2.07. The highest BCUT2D eigenvalue weighted by molar-refractivity contribution is 5.81. The Kier molecular flexibility index (Phi) is 5.28. The van der Waals surface area contributed by atoms with Gasteiger partial charge in [0.05, 0.1) is 24.6 Å². The second-order valence-corrected chi connectivity index (χ2v) is 6.92. The highest BCUT2D eigenvalue weighted by atomic mass is 16.5. The minimum atomic E-state index is 0.392. The molecule has 134 valence electrons. The van der Waals surface area contributed by atoms with Crippen LogP contribution in [0.25, 0.3) is 0 Å². The molecule has 3 heterocycles. The van der Waals surface area contributed by atoms with Crippen LogP contribution in [0.1, 0.15) is 26.7 Å². The van der Waals surface area contributed by atoms with Gasteiger partial charge in [-0.25, -0.2) is 0 Å². The fourth-order valence-corrected chi connectivity index (χ4v) is 3.88. The summed E-state index contributed by atoms with van der Waals surface area (Å²) in [6, 6.07) is 0. The zero-order valence-electron chi connectivity index (χ0n) is 15.4. The number of fused-ring (bicyclic) bond motifs is 2. The van der Waals surface area contributed by atoms with Gasteiger partial charge in [-0.1, -0.05) is 31.7 Å². The largest absolute Gasteiger partial charge is 0.378 e. The molecule has 0 aromatic heterocycles. The summed E-state index contributed by atoms with van der Waals surface area (Å²) in [6.07, 6.45) is 7.11. The molecule has 25 heavy (non-hydrogen) atoms. The number of rotatable bonds is 5. The van der Waals surface area contributed by atoms with E-state index in [1.165, 1.54) is 11.1 Å². The molecule has 2 bridgehead atoms. The molecule has 0 aromatic rings. The van der Waals surface area contributed by atoms with Crippen LogP contribution in [0, 0.1) is 5.92 Å². The molecular formula is C21H28N2O2. The van der Waals surface area contributed by atoms with Crippen LogP contribution in [0.3, 0.4) is 0 Å². The summed E-state index contributed by atoms with van der Waals surface area (Å²) in [5.41, 5.74) is 6.31. The summed E-state index contributed by atoms with van der Waals surface area (Å²) in [7, 11) is 0. The van der Waals surface area contributed by atoms with Gasteiger partial charge in [-0.05, 0) is 30.9 Å². The van der Waals surface area contributed by atoms with E-state index in [4.69, 9.17) is 4.74 Å². The Morgan fingerprint density at radius 2 is 2.08 bits per heavy atom. The van der Waals surface area contributed by atoms with Crippen molar-refractivity contribution in [2.24, 2.45) is 5.92 Å². The fraction of sp³-hybridized carbons (Fsp3) is 0.476. The molecular weight excluding hydrogens is 312 g/mol. The molecule has 3 aliphatic heterocycles. The van der Waals surface area contributed by atoms with Gasteiger partial charge in [0, 0.05) is 37.3 Å². The number of morpholine rings is 1. The lowest BCUT2D eigenvalue weighted by atomic mass is 9.90. The van der Waals surface area contributed by atoms with Crippen molar-refractivity contribution in [1.29, 1.82) is 0 Å². The lowest BCUT2D eigenvalue weighted by Gasteiger charge is -2.36. The Bertz CT molecular complexity index is 678. The van der Waals surface area contributed by atoms with Gasteiger partial charge in [-0.15, -0.1) is 0 Å². The van der Waals surface area contributed by atoms with Crippen molar-refractivity contribution in [3.63, 3.8) is 0 Å². The van der Waals surface area contributed by atoms with E-state index in [-0.39, 0.29) is 0 Å². The number of allylic oxidation sites excluding steroid dienone is 4. The lowest BCUT2D eigenvalue weighted by Crippen LogP contribution is -2.38. The van der Waals surface area contributed by atoms with E-state index in [0.29, 0.717) is 5.92 Å². The Balaban J connectivity index is 2.02. The smallest absolute Gasteiger partial charge is 0.150 e. The number of aldehydes is 1. The standard InChI is InChI=1S/C21H28N2O2/c1-5-15(2)20-13-23-12-18(20)6-7-19(14-24)16(3)21(23)17(4)22-8-10-25-11-9-22/h7,13-14,18H,2,4-6,8-12H2,1,3H3/b19-7-,21-16-. The van der Waals surface area contributed by atoms with Crippen molar-refractivity contribution in [2.75, 3.05) is 32.8 Å². The fourth-order valence-electron chi connectivity index (χ4n) is 3.88. The summed E-state index contributed by atoms with van der Waals surface area (Å²) < 4.78 is 5.47. The maximum absolute atomic E-state index is 11.7. The van der Waals surface area contributed by atoms with E-state index >= 15 is 0 Å². The molecule has 0 amide bonds. The van der Waals surface area contributed by atoms with E-state index in [2.05, 4.69) is 42.2 Å². The SMILES string of the molecule is C=C(CC)C1=CN2CC1C/C=C(C=O)\C(C)=C/2C(=C)N1CCOCC1. The van der Waals surface area contributed by atoms with Crippen LogP contribution in [0.4, 0.5) is 0 Å². The van der Waals surface area contributed by atoms with Gasteiger partial charge in [-0.3, -0.25) is 4.79 Å². The maximum atomic E-state index is 11.7. The Morgan fingerprint density at radius 1 is 1.36 bits per heavy atom. The first kappa shape index (κ1) is 17.7. The second-order valence-electron chi connectivity index (χ2n) is 6.92. The van der Waals surface area contributed by atoms with E-state index in [0.717, 1.165) is 74.5 Å². The summed E-state index contributed by atoms with van der Waals surface area (Å²) in [4.78, 5) is 16.2. The third-order valence-corrected chi connectivity index (χ3v) is 5.48. The number of hydrogen-bond acceptors (Lipinski definition) is 4. The molecule has 1 fully saturated rings. The van der Waals surface area contributed by atoms with Gasteiger partial charge in [0.2, 0.25) is 0 Å². The average molecular weight is 340 g/mol. The molecule has 4 nitrogen and oxygen atoms in total. The van der Waals surface area contributed by atoms with Crippen molar-refractivity contribution < 1.29 is 9.53 Å². The van der Waals surface area contributed by atoms with Crippen LogP contribution in [-0.2, 0) is 9.53 Å². The molecule has 1 atom stereocenters. The first-order chi connectivity index (χ1) is 12.1. The quantitative estimate of drug-likeness (QED) is 0.718. The number of nitrogens with zero attached hydrogens (tertiary/aromatic N) is 2. The van der Waals surface area contributed by atoms with Gasteiger partial charge >= 0.3 is 0 Å². The van der Waals surface area contributed by atoms with E-state index < -0.39 is 0 Å². The minimum Gasteiger partial charge on any atom is -0.378 e. The molecule has 0 aromatic carbocycles. The average Bonchev–Trinajstić information content (AvgIpc) is 3.06. The number of hydrogen-bond donors (Lipinski definition) is 0. The first-order valence-electron chi connectivity index (χ1n) is 9.11. The third kappa shape index (κ3) is 3.36. The highest BCUT2D eigenvalue weighted by Crippen LogP contribution is 2.39. The predicted molar refractivity (Wildman–Crippen MR) is 101 cm³/mol. The summed E-state index contributed by atoms with van der Waals surface area (Å²) in [6.45, 7) is 16.8. The van der Waals surface area contributed by atoms with Crippen molar-refractivity contribution in [2.45, 2.75) is 26.7 Å². The van der Waals surface area contributed by atoms with Crippen molar-refractivity contribution >= 4 is 6.29 Å². The van der Waals surface area contributed by atoms with Crippen LogP contribution < -0.4 is 0 Å². The molecule has 3 aliphatic rings. The van der Waals surface area contributed by atoms with Gasteiger partial charge in [0.25, 0.3) is 0 Å².